The van der Waals surface area contributed by atoms with Gasteiger partial charge in [-0.2, -0.15) is 0 Å². The summed E-state index contributed by atoms with van der Waals surface area (Å²) in [5, 5.41) is 7.37. The molecular formula is C52H33NOS. The highest BCUT2D eigenvalue weighted by molar-refractivity contribution is 7.25. The van der Waals surface area contributed by atoms with Gasteiger partial charge in [0.2, 0.25) is 0 Å². The van der Waals surface area contributed by atoms with Gasteiger partial charge in [-0.3, -0.25) is 0 Å². The Balaban J connectivity index is 0.999. The third-order valence-corrected chi connectivity index (χ3v) is 12.0. The first-order chi connectivity index (χ1) is 27.2. The molecule has 0 spiro atoms. The number of thiophene rings is 1. The van der Waals surface area contributed by atoms with Gasteiger partial charge in [-0.15, -0.1) is 11.3 Å². The number of rotatable bonds is 6. The van der Waals surface area contributed by atoms with Crippen LogP contribution in [0.2, 0.25) is 0 Å². The molecule has 0 radical (unpaired) electrons. The van der Waals surface area contributed by atoms with Crippen LogP contribution < -0.4 is 4.90 Å². The number of para-hydroxylation sites is 2. The van der Waals surface area contributed by atoms with Crippen LogP contribution in [-0.4, -0.2) is 0 Å². The monoisotopic (exact) mass is 719 g/mol. The summed E-state index contributed by atoms with van der Waals surface area (Å²) >= 11 is 1.86. The first kappa shape index (κ1) is 31.6. The third kappa shape index (κ3) is 5.40. The van der Waals surface area contributed by atoms with Crippen LogP contribution in [0.3, 0.4) is 0 Å². The van der Waals surface area contributed by atoms with Crippen molar-refractivity contribution >= 4 is 81.3 Å². The molecule has 0 bridgehead atoms. The maximum absolute atomic E-state index is 6.60. The molecule has 2 aromatic heterocycles. The highest BCUT2D eigenvalue weighted by atomic mass is 32.1. The molecule has 0 saturated carbocycles. The molecule has 2 nitrogen and oxygen atoms in total. The Bertz CT molecular complexity index is 3200. The molecule has 0 saturated heterocycles. The van der Waals surface area contributed by atoms with E-state index in [1.54, 1.807) is 0 Å². The molecule has 9 aromatic carbocycles. The lowest BCUT2D eigenvalue weighted by molar-refractivity contribution is 0.669. The van der Waals surface area contributed by atoms with Crippen molar-refractivity contribution in [3.05, 3.63) is 200 Å². The predicted octanol–water partition coefficient (Wildman–Crippen LogP) is 15.6. The van der Waals surface area contributed by atoms with Gasteiger partial charge in [-0.05, 0) is 98.8 Å². The quantitative estimate of drug-likeness (QED) is 0.170. The van der Waals surface area contributed by atoms with E-state index in [2.05, 4.69) is 193 Å². The Morgan fingerprint density at radius 3 is 1.76 bits per heavy atom. The second-order valence-corrected chi connectivity index (χ2v) is 15.2. The number of fused-ring (bicyclic) bond motifs is 7. The summed E-state index contributed by atoms with van der Waals surface area (Å²) in [6.45, 7) is 0. The predicted molar refractivity (Wildman–Crippen MR) is 235 cm³/mol. The lowest BCUT2D eigenvalue weighted by atomic mass is 9.95. The van der Waals surface area contributed by atoms with Crippen LogP contribution in [0.5, 0.6) is 0 Å². The first-order valence-electron chi connectivity index (χ1n) is 18.7. The van der Waals surface area contributed by atoms with Crippen molar-refractivity contribution in [3.8, 4) is 33.4 Å². The summed E-state index contributed by atoms with van der Waals surface area (Å²) in [7, 11) is 0. The number of hydrogen-bond acceptors (Lipinski definition) is 3. The summed E-state index contributed by atoms with van der Waals surface area (Å²) in [6.07, 6.45) is 0. The molecule has 2 heterocycles. The molecule has 0 fully saturated rings. The Kier molecular flexibility index (Phi) is 7.39. The fourth-order valence-corrected chi connectivity index (χ4v) is 9.34. The molecule has 3 heteroatoms. The van der Waals surface area contributed by atoms with Gasteiger partial charge in [0.05, 0.1) is 5.69 Å². The van der Waals surface area contributed by atoms with E-state index in [0.29, 0.717) is 0 Å². The van der Waals surface area contributed by atoms with Crippen LogP contribution in [0.4, 0.5) is 17.1 Å². The van der Waals surface area contributed by atoms with Crippen molar-refractivity contribution in [1.29, 1.82) is 0 Å². The van der Waals surface area contributed by atoms with E-state index in [0.717, 1.165) is 39.0 Å². The molecule has 11 aromatic rings. The fourth-order valence-electron chi connectivity index (χ4n) is 8.19. The summed E-state index contributed by atoms with van der Waals surface area (Å²) in [6, 6.07) is 72.1. The van der Waals surface area contributed by atoms with Gasteiger partial charge in [-0.25, -0.2) is 0 Å². The summed E-state index contributed by atoms with van der Waals surface area (Å²) in [5.41, 5.74) is 12.1. The zero-order chi connectivity index (χ0) is 36.3. The molecule has 0 atom stereocenters. The topological polar surface area (TPSA) is 16.4 Å². The molecule has 11 rings (SSSR count). The lowest BCUT2D eigenvalue weighted by Gasteiger charge is -2.26. The van der Waals surface area contributed by atoms with Crippen LogP contribution in [0.1, 0.15) is 0 Å². The van der Waals surface area contributed by atoms with E-state index < -0.39 is 0 Å². The minimum Gasteiger partial charge on any atom is -0.454 e. The number of hydrogen-bond donors (Lipinski definition) is 0. The summed E-state index contributed by atoms with van der Waals surface area (Å²) in [5.74, 6) is 0. The van der Waals surface area contributed by atoms with E-state index in [4.69, 9.17) is 4.42 Å². The van der Waals surface area contributed by atoms with Crippen LogP contribution in [-0.2, 0) is 0 Å². The van der Waals surface area contributed by atoms with Gasteiger partial charge in [0, 0.05) is 42.3 Å². The highest BCUT2D eigenvalue weighted by Crippen LogP contribution is 2.44. The number of furan rings is 1. The van der Waals surface area contributed by atoms with E-state index in [1.165, 1.54) is 64.3 Å². The Hall–Kier alpha value is -6.94. The van der Waals surface area contributed by atoms with Gasteiger partial charge < -0.3 is 9.32 Å². The van der Waals surface area contributed by atoms with Crippen molar-refractivity contribution in [3.63, 3.8) is 0 Å². The van der Waals surface area contributed by atoms with Gasteiger partial charge >= 0.3 is 0 Å². The van der Waals surface area contributed by atoms with Crippen LogP contribution in [0.25, 0.3) is 86.3 Å². The largest absolute Gasteiger partial charge is 0.454 e. The van der Waals surface area contributed by atoms with E-state index >= 15 is 0 Å². The molecule has 0 aliphatic rings. The smallest absolute Gasteiger partial charge is 0.159 e. The standard InChI is InChI=1S/C52H33NOS/c1-2-14-42-36(10-1)11-8-17-43(42)39-13-7-12-37(32-39)34-22-27-40(28-23-34)53(48-19-9-18-47-44-15-3-5-20-49(44)54-52(47)48)41-29-24-35(25-30-41)38-26-31-46-45-16-4-6-21-50(45)55-51(46)33-38/h1-33H. The fraction of sp³-hybridized carbons (Fsp3) is 0. The number of benzene rings is 9. The minimum atomic E-state index is 0.870. The zero-order valence-corrected chi connectivity index (χ0v) is 30.6. The van der Waals surface area contributed by atoms with Gasteiger partial charge in [0.15, 0.2) is 5.58 Å². The van der Waals surface area contributed by atoms with Crippen LogP contribution >= 0.6 is 11.3 Å². The molecule has 0 aliphatic carbocycles. The Morgan fingerprint density at radius 1 is 0.364 bits per heavy atom. The molecule has 55 heavy (non-hydrogen) atoms. The average molecular weight is 720 g/mol. The van der Waals surface area contributed by atoms with Crippen LogP contribution in [0, 0.1) is 0 Å². The van der Waals surface area contributed by atoms with E-state index in [-0.39, 0.29) is 0 Å². The van der Waals surface area contributed by atoms with Crippen LogP contribution in [0.15, 0.2) is 205 Å². The van der Waals surface area contributed by atoms with Crippen molar-refractivity contribution in [2.75, 3.05) is 4.90 Å². The van der Waals surface area contributed by atoms with Gasteiger partial charge in [0.25, 0.3) is 0 Å². The summed E-state index contributed by atoms with van der Waals surface area (Å²) < 4.78 is 9.24. The SMILES string of the molecule is c1cc(-c2ccc(N(c3ccc(-c4ccc5c(c4)sc4ccccc45)cc3)c3cccc4c3oc3ccccc34)cc2)cc(-c2cccc3ccccc23)c1. The maximum Gasteiger partial charge on any atom is 0.159 e. The van der Waals surface area contributed by atoms with Gasteiger partial charge in [-0.1, -0.05) is 146 Å². The molecular weight excluding hydrogens is 687 g/mol. The molecule has 0 aliphatic heterocycles. The maximum atomic E-state index is 6.60. The second kappa shape index (κ2) is 12.9. The van der Waals surface area contributed by atoms with Crippen molar-refractivity contribution in [2.45, 2.75) is 0 Å². The molecule has 0 amide bonds. The first-order valence-corrected chi connectivity index (χ1v) is 19.5. The van der Waals surface area contributed by atoms with Gasteiger partial charge in [0.1, 0.15) is 5.58 Å². The van der Waals surface area contributed by atoms with Crippen molar-refractivity contribution < 1.29 is 4.42 Å². The molecule has 258 valence electrons. The second-order valence-electron chi connectivity index (χ2n) is 14.1. The normalized spacial score (nSPS) is 11.6. The van der Waals surface area contributed by atoms with Crippen molar-refractivity contribution in [2.24, 2.45) is 0 Å². The molecule has 0 N–H and O–H groups in total. The lowest BCUT2D eigenvalue weighted by Crippen LogP contribution is -2.10. The highest BCUT2D eigenvalue weighted by Gasteiger charge is 2.20. The van der Waals surface area contributed by atoms with E-state index in [9.17, 15) is 0 Å². The van der Waals surface area contributed by atoms with Crippen molar-refractivity contribution in [1.82, 2.24) is 0 Å². The average Bonchev–Trinajstić information content (AvgIpc) is 3.83. The number of nitrogens with zero attached hydrogens (tertiary/aromatic N) is 1. The van der Waals surface area contributed by atoms with E-state index in [1.807, 2.05) is 23.5 Å². The molecule has 0 unspecified atom stereocenters. The zero-order valence-electron chi connectivity index (χ0n) is 29.8. The number of anilines is 3. The Labute approximate surface area is 322 Å². The minimum absolute atomic E-state index is 0.870. The third-order valence-electron chi connectivity index (χ3n) is 10.9. The summed E-state index contributed by atoms with van der Waals surface area (Å²) in [4.78, 5) is 2.32. The Morgan fingerprint density at radius 2 is 0.945 bits per heavy atom.